The Hall–Kier alpha value is -0.920. The third kappa shape index (κ3) is 5.57. The van der Waals surface area contributed by atoms with Crippen LogP contribution in [0, 0.1) is 0 Å². The predicted molar refractivity (Wildman–Crippen MR) is 99.1 cm³/mol. The molecule has 0 unspecified atom stereocenters. The Kier molecular flexibility index (Phi) is 6.83. The van der Waals surface area contributed by atoms with Crippen LogP contribution in [-0.2, 0) is 14.8 Å². The Balaban J connectivity index is 2.00. The average molecular weight is 417 g/mol. The number of nitrogens with zero attached hydrogens (tertiary/aromatic N) is 1. The number of rotatable bonds is 6. The van der Waals surface area contributed by atoms with Crippen LogP contribution in [0.2, 0.25) is 0 Å². The van der Waals surface area contributed by atoms with E-state index >= 15 is 0 Å². The summed E-state index contributed by atoms with van der Waals surface area (Å²) < 4.78 is 26.5. The number of carbonyl (C=O) groups excluding carboxylic acids is 1. The van der Waals surface area contributed by atoms with Gasteiger partial charge in [0.1, 0.15) is 0 Å². The number of nitrogens with one attached hydrogen (secondary N) is 1. The van der Waals surface area contributed by atoms with Crippen molar-refractivity contribution in [2.75, 3.05) is 12.8 Å². The lowest BCUT2D eigenvalue weighted by Gasteiger charge is -2.32. The van der Waals surface area contributed by atoms with E-state index in [-0.39, 0.29) is 24.5 Å². The largest absolute Gasteiger partial charge is 0.348 e. The second-order valence-electron chi connectivity index (χ2n) is 6.44. The van der Waals surface area contributed by atoms with Gasteiger partial charge < -0.3 is 5.32 Å². The van der Waals surface area contributed by atoms with Crippen LogP contribution in [0.4, 0.5) is 0 Å². The van der Waals surface area contributed by atoms with E-state index < -0.39 is 10.0 Å². The van der Waals surface area contributed by atoms with Crippen LogP contribution < -0.4 is 5.32 Å². The summed E-state index contributed by atoms with van der Waals surface area (Å²) in [6, 6.07) is 7.49. The standard InChI is InChI=1S/C17H25BrN2O3S/c1-13(14-8-10-15(18)11-9-14)19-17(21)12-20(24(2,22)23)16-6-4-3-5-7-16/h8-11,13,16H,3-7,12H2,1-2H3,(H,19,21)/t13-/m1/s1. The molecule has 1 fully saturated rings. The van der Waals surface area contributed by atoms with Crippen LogP contribution in [0.3, 0.4) is 0 Å². The summed E-state index contributed by atoms with van der Waals surface area (Å²) in [6.07, 6.45) is 6.04. The smallest absolute Gasteiger partial charge is 0.235 e. The van der Waals surface area contributed by atoms with Gasteiger partial charge in [-0.2, -0.15) is 4.31 Å². The van der Waals surface area contributed by atoms with Crippen LogP contribution in [0.25, 0.3) is 0 Å². The first-order valence-corrected chi connectivity index (χ1v) is 10.9. The fraction of sp³-hybridized carbons (Fsp3) is 0.588. The summed E-state index contributed by atoms with van der Waals surface area (Å²) in [6.45, 7) is 1.79. The number of halogens is 1. The molecule has 1 saturated carbocycles. The van der Waals surface area contributed by atoms with Gasteiger partial charge in [0, 0.05) is 10.5 Å². The second kappa shape index (κ2) is 8.45. The van der Waals surface area contributed by atoms with Crippen molar-refractivity contribution in [1.29, 1.82) is 0 Å². The monoisotopic (exact) mass is 416 g/mol. The lowest BCUT2D eigenvalue weighted by molar-refractivity contribution is -0.122. The first-order valence-electron chi connectivity index (χ1n) is 8.29. The van der Waals surface area contributed by atoms with Crippen LogP contribution in [0.1, 0.15) is 50.6 Å². The zero-order valence-corrected chi connectivity index (χ0v) is 16.6. The molecule has 7 heteroatoms. The predicted octanol–water partition coefficient (Wildman–Crippen LogP) is 3.22. The molecule has 1 aromatic rings. The number of hydrogen-bond donors (Lipinski definition) is 1. The minimum absolute atomic E-state index is 0.0533. The van der Waals surface area contributed by atoms with E-state index in [9.17, 15) is 13.2 Å². The molecular formula is C17H25BrN2O3S. The molecule has 0 bridgehead atoms. The van der Waals surface area contributed by atoms with Gasteiger partial charge in [-0.3, -0.25) is 4.79 Å². The molecule has 0 aliphatic heterocycles. The highest BCUT2D eigenvalue weighted by Gasteiger charge is 2.30. The molecule has 1 aromatic carbocycles. The van der Waals surface area contributed by atoms with E-state index in [0.29, 0.717) is 0 Å². The number of amides is 1. The molecule has 0 spiro atoms. The molecule has 1 N–H and O–H groups in total. The maximum Gasteiger partial charge on any atom is 0.235 e. The third-order valence-corrected chi connectivity index (χ3v) is 6.26. The fourth-order valence-corrected chi connectivity index (χ4v) is 4.52. The van der Waals surface area contributed by atoms with Gasteiger partial charge in [-0.05, 0) is 37.5 Å². The molecule has 0 radical (unpaired) electrons. The van der Waals surface area contributed by atoms with E-state index in [1.165, 1.54) is 10.6 Å². The van der Waals surface area contributed by atoms with Crippen LogP contribution in [0.15, 0.2) is 28.7 Å². The van der Waals surface area contributed by atoms with Crippen molar-refractivity contribution in [1.82, 2.24) is 9.62 Å². The van der Waals surface area contributed by atoms with Crippen LogP contribution in [-0.4, -0.2) is 37.5 Å². The lowest BCUT2D eigenvalue weighted by Crippen LogP contribution is -2.46. The molecule has 5 nitrogen and oxygen atoms in total. The van der Waals surface area contributed by atoms with E-state index in [4.69, 9.17) is 0 Å². The molecule has 0 saturated heterocycles. The van der Waals surface area contributed by atoms with E-state index in [2.05, 4.69) is 21.2 Å². The summed E-state index contributed by atoms with van der Waals surface area (Å²) in [7, 11) is -3.40. The van der Waals surface area contributed by atoms with E-state index in [1.54, 1.807) is 0 Å². The topological polar surface area (TPSA) is 66.5 Å². The van der Waals surface area contributed by atoms with Crippen LogP contribution >= 0.6 is 15.9 Å². The minimum Gasteiger partial charge on any atom is -0.348 e. The Morgan fingerprint density at radius 3 is 2.38 bits per heavy atom. The normalized spacial score (nSPS) is 17.7. The number of benzene rings is 1. The Bertz CT molecular complexity index is 655. The van der Waals surface area contributed by atoms with Crippen molar-refractivity contribution in [3.8, 4) is 0 Å². The lowest BCUT2D eigenvalue weighted by atomic mass is 9.95. The van der Waals surface area contributed by atoms with Gasteiger partial charge in [-0.15, -0.1) is 0 Å². The molecule has 0 aromatic heterocycles. The summed E-state index contributed by atoms with van der Waals surface area (Å²) in [4.78, 5) is 12.4. The van der Waals surface area contributed by atoms with Gasteiger partial charge >= 0.3 is 0 Å². The van der Waals surface area contributed by atoms with Gasteiger partial charge in [-0.1, -0.05) is 47.3 Å². The molecule has 1 atom stereocenters. The molecule has 0 heterocycles. The first-order chi connectivity index (χ1) is 11.3. The molecule has 1 aliphatic rings. The molecule has 2 rings (SSSR count). The first kappa shape index (κ1) is 19.4. The molecule has 1 aliphatic carbocycles. The zero-order valence-electron chi connectivity index (χ0n) is 14.2. The molecule has 134 valence electrons. The fourth-order valence-electron chi connectivity index (χ4n) is 3.15. The van der Waals surface area contributed by atoms with Crippen molar-refractivity contribution in [2.24, 2.45) is 0 Å². The second-order valence-corrected chi connectivity index (χ2v) is 9.29. The number of carbonyl (C=O) groups is 1. The Morgan fingerprint density at radius 1 is 1.25 bits per heavy atom. The van der Waals surface area contributed by atoms with Crippen molar-refractivity contribution >= 4 is 31.9 Å². The van der Waals surface area contributed by atoms with Crippen LogP contribution in [0.5, 0.6) is 0 Å². The highest BCUT2D eigenvalue weighted by Crippen LogP contribution is 2.24. The molecule has 1 amide bonds. The van der Waals surface area contributed by atoms with Crippen molar-refractivity contribution < 1.29 is 13.2 Å². The Morgan fingerprint density at radius 2 is 1.83 bits per heavy atom. The van der Waals surface area contributed by atoms with Crippen molar-refractivity contribution in [3.05, 3.63) is 34.3 Å². The number of sulfonamides is 1. The zero-order chi connectivity index (χ0) is 17.7. The molecule has 24 heavy (non-hydrogen) atoms. The van der Waals surface area contributed by atoms with E-state index in [1.807, 2.05) is 31.2 Å². The van der Waals surface area contributed by atoms with Crippen molar-refractivity contribution in [3.63, 3.8) is 0 Å². The Labute approximate surface area is 153 Å². The maximum absolute atomic E-state index is 12.4. The summed E-state index contributed by atoms with van der Waals surface area (Å²) in [5.41, 5.74) is 0.982. The average Bonchev–Trinajstić information content (AvgIpc) is 2.53. The summed E-state index contributed by atoms with van der Waals surface area (Å²) in [5.74, 6) is -0.263. The van der Waals surface area contributed by atoms with Gasteiger partial charge in [0.2, 0.25) is 15.9 Å². The quantitative estimate of drug-likeness (QED) is 0.773. The number of hydrogen-bond acceptors (Lipinski definition) is 3. The molecular weight excluding hydrogens is 392 g/mol. The SMILES string of the molecule is C[C@@H](NC(=O)CN(C1CCCCC1)S(C)(=O)=O)c1ccc(Br)cc1. The summed E-state index contributed by atoms with van der Waals surface area (Å²) in [5, 5.41) is 2.90. The van der Waals surface area contributed by atoms with Gasteiger partial charge in [-0.25, -0.2) is 8.42 Å². The van der Waals surface area contributed by atoms with Crippen molar-refractivity contribution in [2.45, 2.75) is 51.1 Å². The van der Waals surface area contributed by atoms with E-state index in [0.717, 1.165) is 42.1 Å². The highest BCUT2D eigenvalue weighted by molar-refractivity contribution is 9.10. The highest BCUT2D eigenvalue weighted by atomic mass is 79.9. The minimum atomic E-state index is -3.40. The van der Waals surface area contributed by atoms with Gasteiger partial charge in [0.15, 0.2) is 0 Å². The third-order valence-electron chi connectivity index (χ3n) is 4.45. The van der Waals surface area contributed by atoms with Gasteiger partial charge in [0.05, 0.1) is 18.8 Å². The summed E-state index contributed by atoms with van der Waals surface area (Å²) >= 11 is 3.38. The maximum atomic E-state index is 12.4. The van der Waals surface area contributed by atoms with Gasteiger partial charge in [0.25, 0.3) is 0 Å².